The second-order valence-electron chi connectivity index (χ2n) is 7.80. The second-order valence-corrected chi connectivity index (χ2v) is 11.2. The summed E-state index contributed by atoms with van der Waals surface area (Å²) in [6.07, 6.45) is 4.09. The summed E-state index contributed by atoms with van der Waals surface area (Å²) in [7, 11) is -2.55. The number of rotatable bonds is 6. The highest BCUT2D eigenvalue weighted by molar-refractivity contribution is 7.61. The van der Waals surface area contributed by atoms with Crippen LogP contribution in [-0.2, 0) is 17.4 Å². The van der Waals surface area contributed by atoms with E-state index in [2.05, 4.69) is 20.1 Å². The van der Waals surface area contributed by atoms with Crippen molar-refractivity contribution >= 4 is 29.7 Å². The molecule has 0 radical (unpaired) electrons. The molecule has 0 aliphatic rings. The average Bonchev–Trinajstić information content (AvgIpc) is 3.07. The van der Waals surface area contributed by atoms with Crippen LogP contribution in [-0.4, -0.2) is 38.1 Å². The molecule has 0 bridgehead atoms. The Balaban J connectivity index is 1.65. The summed E-state index contributed by atoms with van der Waals surface area (Å²) >= 11 is 0. The third-order valence-corrected chi connectivity index (χ3v) is 5.64. The Labute approximate surface area is 182 Å². The molecule has 0 aliphatic carbocycles. The molecule has 4 aromatic rings. The van der Waals surface area contributed by atoms with Crippen LogP contribution in [0, 0.1) is 11.8 Å². The molecule has 12 heteroatoms. The van der Waals surface area contributed by atoms with E-state index < -0.39 is 18.9 Å². The maximum Gasteiger partial charge on any atom is 0.221 e. The summed E-state index contributed by atoms with van der Waals surface area (Å²) in [6, 6.07) is 6.53. The van der Waals surface area contributed by atoms with Gasteiger partial charge in [0, 0.05) is 23.2 Å². The zero-order valence-corrected chi connectivity index (χ0v) is 18.3. The number of benzene rings is 1. The number of nitrogen functional groups attached to an aromatic ring is 1. The number of halogens is 2. The van der Waals surface area contributed by atoms with Crippen LogP contribution in [0.25, 0.3) is 22.2 Å². The van der Waals surface area contributed by atoms with E-state index in [1.54, 1.807) is 31.7 Å². The molecule has 3 heterocycles. The molecule has 0 amide bonds. The predicted molar refractivity (Wildman–Crippen MR) is 119 cm³/mol. The highest BCUT2D eigenvalue weighted by Gasteiger charge is 2.20. The summed E-state index contributed by atoms with van der Waals surface area (Å²) in [5.74, 6) is 5.00. The van der Waals surface area contributed by atoms with E-state index in [4.69, 9.17) is 11.6 Å². The van der Waals surface area contributed by atoms with Crippen molar-refractivity contribution in [2.45, 2.75) is 12.8 Å². The van der Waals surface area contributed by atoms with Gasteiger partial charge in [-0.1, -0.05) is 6.07 Å². The predicted octanol–water partition coefficient (Wildman–Crippen LogP) is 3.21. The van der Waals surface area contributed by atoms with Gasteiger partial charge in [0.15, 0.2) is 11.6 Å². The first-order chi connectivity index (χ1) is 15.1. The minimum atomic E-state index is -2.55. The molecule has 0 saturated heterocycles. The highest BCUT2D eigenvalue weighted by Crippen LogP contribution is 2.38. The van der Waals surface area contributed by atoms with Gasteiger partial charge >= 0.3 is 0 Å². The van der Waals surface area contributed by atoms with E-state index >= 15 is 0 Å². The topological polar surface area (TPSA) is 129 Å². The number of fused-ring (bicyclic) bond motifs is 1. The van der Waals surface area contributed by atoms with Crippen LogP contribution in [0.15, 0.2) is 42.9 Å². The molecular weight excluding hydrogens is 437 g/mol. The molecule has 0 aliphatic heterocycles. The molecule has 4 N–H and O–H groups in total. The van der Waals surface area contributed by atoms with Gasteiger partial charge in [-0.15, -0.1) is 0 Å². The Hall–Kier alpha value is -3.43. The Morgan fingerprint density at radius 2 is 1.97 bits per heavy atom. The van der Waals surface area contributed by atoms with Gasteiger partial charge in [-0.05, 0) is 25.5 Å². The SMILES string of the molecule is CP(C)(=O)Cn1ncc(-c2cnc(N)c(N(N)Cc3cc4cccnc4cc3F)n2)c1F. The monoisotopic (exact) mass is 458 g/mol. The molecule has 0 spiro atoms. The first-order valence-corrected chi connectivity index (χ1v) is 12.3. The van der Waals surface area contributed by atoms with Gasteiger partial charge in [0.05, 0.1) is 42.0 Å². The van der Waals surface area contributed by atoms with Gasteiger partial charge < -0.3 is 10.3 Å². The van der Waals surface area contributed by atoms with Crippen LogP contribution >= 0.6 is 7.14 Å². The number of hydrazine groups is 1. The van der Waals surface area contributed by atoms with E-state index in [-0.39, 0.29) is 35.7 Å². The zero-order chi connectivity index (χ0) is 23.0. The van der Waals surface area contributed by atoms with E-state index in [1.807, 2.05) is 6.07 Å². The fourth-order valence-electron chi connectivity index (χ4n) is 3.21. The lowest BCUT2D eigenvalue weighted by atomic mass is 10.1. The van der Waals surface area contributed by atoms with Crippen molar-refractivity contribution in [3.8, 4) is 11.3 Å². The third-order valence-electron chi connectivity index (χ3n) is 4.69. The summed E-state index contributed by atoms with van der Waals surface area (Å²) in [5.41, 5.74) is 6.95. The number of hydrogen-bond acceptors (Lipinski definition) is 8. The number of hydrogen-bond donors (Lipinski definition) is 2. The first-order valence-electron chi connectivity index (χ1n) is 9.56. The van der Waals surface area contributed by atoms with Gasteiger partial charge in [-0.25, -0.2) is 24.9 Å². The van der Waals surface area contributed by atoms with Gasteiger partial charge in [0.2, 0.25) is 5.95 Å². The molecule has 3 aromatic heterocycles. The van der Waals surface area contributed by atoms with Gasteiger partial charge in [0.25, 0.3) is 0 Å². The molecular formula is C20H21F2N8OP. The lowest BCUT2D eigenvalue weighted by molar-refractivity contribution is 0.488. The van der Waals surface area contributed by atoms with Gasteiger partial charge in [0.1, 0.15) is 13.0 Å². The molecule has 166 valence electrons. The minimum Gasteiger partial charge on any atom is -0.381 e. The van der Waals surface area contributed by atoms with Crippen molar-refractivity contribution in [3.63, 3.8) is 0 Å². The van der Waals surface area contributed by atoms with E-state index in [0.29, 0.717) is 11.1 Å². The minimum absolute atomic E-state index is 0.00136. The number of pyridine rings is 1. The fourth-order valence-corrected chi connectivity index (χ4v) is 4.06. The lowest BCUT2D eigenvalue weighted by Gasteiger charge is -2.20. The van der Waals surface area contributed by atoms with Crippen LogP contribution in [0.3, 0.4) is 0 Å². The summed E-state index contributed by atoms with van der Waals surface area (Å²) < 4.78 is 42.4. The second kappa shape index (κ2) is 8.25. The van der Waals surface area contributed by atoms with Crippen molar-refractivity contribution in [2.24, 2.45) is 5.84 Å². The average molecular weight is 458 g/mol. The molecule has 0 fully saturated rings. The molecule has 9 nitrogen and oxygen atoms in total. The van der Waals surface area contributed by atoms with Crippen molar-refractivity contribution in [1.82, 2.24) is 24.7 Å². The number of aromatic nitrogens is 5. The maximum atomic E-state index is 14.8. The standard InChI is InChI=1S/C20H21F2N8OP/c1-32(2,31)11-30-18(22)14(8-27-30)17-9-26-19(23)20(28-17)29(24)10-13-6-12-4-3-5-25-16(12)7-15(13)21/h3-9H,10-11,24H2,1-2H3,(H2,23,26). The molecule has 1 aromatic carbocycles. The number of nitrogens with zero attached hydrogens (tertiary/aromatic N) is 6. The molecule has 4 rings (SSSR count). The Kier molecular flexibility index (Phi) is 5.62. The largest absolute Gasteiger partial charge is 0.381 e. The quantitative estimate of drug-likeness (QED) is 0.256. The molecule has 0 saturated carbocycles. The smallest absolute Gasteiger partial charge is 0.221 e. The lowest BCUT2D eigenvalue weighted by Crippen LogP contribution is -2.32. The molecule has 32 heavy (non-hydrogen) atoms. The van der Waals surface area contributed by atoms with Crippen LogP contribution in [0.1, 0.15) is 5.56 Å². The normalized spacial score (nSPS) is 11.8. The number of nitrogens with two attached hydrogens (primary N) is 2. The van der Waals surface area contributed by atoms with E-state index in [0.717, 1.165) is 15.1 Å². The van der Waals surface area contributed by atoms with Crippen molar-refractivity contribution in [1.29, 1.82) is 0 Å². The summed E-state index contributed by atoms with van der Waals surface area (Å²) in [6.45, 7) is 3.03. The Morgan fingerprint density at radius 3 is 2.72 bits per heavy atom. The van der Waals surface area contributed by atoms with Crippen molar-refractivity contribution < 1.29 is 13.3 Å². The first kappa shape index (κ1) is 21.8. The highest BCUT2D eigenvalue weighted by atomic mass is 31.2. The van der Waals surface area contributed by atoms with Crippen LogP contribution < -0.4 is 16.6 Å². The van der Waals surface area contributed by atoms with Crippen LogP contribution in [0.2, 0.25) is 0 Å². The Morgan fingerprint density at radius 1 is 1.19 bits per heavy atom. The number of anilines is 2. The molecule has 0 atom stereocenters. The van der Waals surface area contributed by atoms with E-state index in [1.165, 1.54) is 18.5 Å². The summed E-state index contributed by atoms with van der Waals surface area (Å²) in [5, 5.41) is 5.85. The van der Waals surface area contributed by atoms with E-state index in [9.17, 15) is 13.3 Å². The zero-order valence-electron chi connectivity index (χ0n) is 17.4. The third kappa shape index (κ3) is 4.44. The van der Waals surface area contributed by atoms with Gasteiger partial charge in [-0.2, -0.15) is 9.49 Å². The van der Waals surface area contributed by atoms with Crippen molar-refractivity contribution in [2.75, 3.05) is 24.1 Å². The van der Waals surface area contributed by atoms with Gasteiger partial charge in [-0.3, -0.25) is 9.99 Å². The van der Waals surface area contributed by atoms with Crippen molar-refractivity contribution in [3.05, 3.63) is 60.2 Å². The van der Waals surface area contributed by atoms with Crippen LogP contribution in [0.5, 0.6) is 0 Å². The van der Waals surface area contributed by atoms with Crippen LogP contribution in [0.4, 0.5) is 20.4 Å². The molecule has 0 unspecified atom stereocenters. The maximum absolute atomic E-state index is 14.8. The summed E-state index contributed by atoms with van der Waals surface area (Å²) in [4.78, 5) is 12.5. The fraction of sp³-hybridized carbons (Fsp3) is 0.200. The Bertz CT molecular complexity index is 1350.